The molecule has 0 radical (unpaired) electrons. The van der Waals surface area contributed by atoms with Crippen molar-refractivity contribution in [2.45, 2.75) is 10.6 Å². The Hall–Kier alpha value is -2.33. The summed E-state index contributed by atoms with van der Waals surface area (Å²) in [4.78, 5) is 24.8. The van der Waals surface area contributed by atoms with Crippen LogP contribution < -0.4 is 4.74 Å². The Morgan fingerprint density at radius 3 is 2.71 bits per heavy atom. The fourth-order valence-electron chi connectivity index (χ4n) is 2.24. The van der Waals surface area contributed by atoms with Crippen LogP contribution in [0.2, 0.25) is 0 Å². The minimum absolute atomic E-state index is 0.0397. The molecule has 2 aromatic carbocycles. The SMILES string of the molecule is C=CC(=O)Oc1cccc2c1SCc1ccccc1C2=O. The van der Waals surface area contributed by atoms with Crippen LogP contribution in [0.5, 0.6) is 5.75 Å². The molecule has 0 N–H and O–H groups in total. The summed E-state index contributed by atoms with van der Waals surface area (Å²) in [7, 11) is 0. The van der Waals surface area contributed by atoms with Crippen LogP contribution in [0.3, 0.4) is 0 Å². The quantitative estimate of drug-likeness (QED) is 0.482. The van der Waals surface area contributed by atoms with E-state index in [2.05, 4.69) is 6.58 Å². The number of thioether (sulfide) groups is 1. The molecule has 0 bridgehead atoms. The third-order valence-electron chi connectivity index (χ3n) is 3.23. The molecule has 0 saturated carbocycles. The van der Waals surface area contributed by atoms with Gasteiger partial charge in [0.2, 0.25) is 0 Å². The van der Waals surface area contributed by atoms with Crippen LogP contribution >= 0.6 is 11.8 Å². The molecule has 0 aliphatic carbocycles. The lowest BCUT2D eigenvalue weighted by molar-refractivity contribution is -0.129. The van der Waals surface area contributed by atoms with Gasteiger partial charge in [-0.25, -0.2) is 4.79 Å². The van der Waals surface area contributed by atoms with Gasteiger partial charge in [0.05, 0.1) is 4.90 Å². The van der Waals surface area contributed by atoms with Crippen LogP contribution in [0.15, 0.2) is 60.0 Å². The number of benzene rings is 2. The van der Waals surface area contributed by atoms with Gasteiger partial charge in [-0.2, -0.15) is 0 Å². The maximum Gasteiger partial charge on any atom is 0.335 e. The number of carbonyl (C=O) groups excluding carboxylic acids is 2. The summed E-state index contributed by atoms with van der Waals surface area (Å²) in [5.41, 5.74) is 2.26. The molecule has 0 atom stereocenters. The van der Waals surface area contributed by atoms with Crippen LogP contribution in [0.1, 0.15) is 21.5 Å². The van der Waals surface area contributed by atoms with E-state index in [4.69, 9.17) is 4.74 Å². The van der Waals surface area contributed by atoms with Crippen LogP contribution in [0.4, 0.5) is 0 Å². The second-order valence-electron chi connectivity index (χ2n) is 4.53. The van der Waals surface area contributed by atoms with Crippen LogP contribution in [-0.2, 0) is 10.5 Å². The van der Waals surface area contributed by atoms with Gasteiger partial charge in [0, 0.05) is 23.0 Å². The molecule has 3 nitrogen and oxygen atoms in total. The number of carbonyl (C=O) groups is 2. The number of esters is 1. The molecule has 0 fully saturated rings. The Bertz CT molecular complexity index is 749. The van der Waals surface area contributed by atoms with E-state index in [1.807, 2.05) is 24.3 Å². The Morgan fingerprint density at radius 1 is 1.14 bits per heavy atom. The predicted molar refractivity (Wildman–Crippen MR) is 81.7 cm³/mol. The van der Waals surface area contributed by atoms with Crippen molar-refractivity contribution in [2.75, 3.05) is 0 Å². The second-order valence-corrected chi connectivity index (χ2v) is 5.52. The van der Waals surface area contributed by atoms with Crippen LogP contribution in [-0.4, -0.2) is 11.8 Å². The van der Waals surface area contributed by atoms with E-state index in [0.717, 1.165) is 11.6 Å². The summed E-state index contributed by atoms with van der Waals surface area (Å²) in [5, 5.41) is 0. The highest BCUT2D eigenvalue weighted by Gasteiger charge is 2.24. The number of hydrogen-bond acceptors (Lipinski definition) is 4. The zero-order chi connectivity index (χ0) is 14.8. The highest BCUT2D eigenvalue weighted by molar-refractivity contribution is 7.98. The minimum Gasteiger partial charge on any atom is -0.422 e. The van der Waals surface area contributed by atoms with Crippen molar-refractivity contribution in [3.8, 4) is 5.75 Å². The highest BCUT2D eigenvalue weighted by Crippen LogP contribution is 2.39. The maximum atomic E-state index is 12.7. The molecule has 0 amide bonds. The standard InChI is InChI=1S/C17H12O3S/c1-2-15(18)20-14-9-5-8-13-16(19)12-7-4-3-6-11(12)10-21-17(13)14/h2-9H,1,10H2. The third kappa shape index (κ3) is 2.50. The molecule has 1 aliphatic heterocycles. The molecule has 1 aliphatic rings. The Labute approximate surface area is 126 Å². The van der Waals surface area contributed by atoms with E-state index in [1.165, 1.54) is 11.8 Å². The average molecular weight is 296 g/mol. The number of fused-ring (bicyclic) bond motifs is 2. The smallest absolute Gasteiger partial charge is 0.335 e. The van der Waals surface area contributed by atoms with Gasteiger partial charge in [0.15, 0.2) is 5.78 Å². The fraction of sp³-hybridized carbons (Fsp3) is 0.0588. The lowest BCUT2D eigenvalue weighted by Crippen LogP contribution is -2.07. The third-order valence-corrected chi connectivity index (χ3v) is 4.40. The van der Waals surface area contributed by atoms with Crippen molar-refractivity contribution in [1.82, 2.24) is 0 Å². The molecular formula is C17H12O3S. The lowest BCUT2D eigenvalue weighted by Gasteiger charge is -2.10. The summed E-state index contributed by atoms with van der Waals surface area (Å²) in [6, 6.07) is 12.7. The van der Waals surface area contributed by atoms with E-state index in [-0.39, 0.29) is 5.78 Å². The van der Waals surface area contributed by atoms with E-state index in [9.17, 15) is 9.59 Å². The molecule has 104 valence electrons. The highest BCUT2D eigenvalue weighted by atomic mass is 32.2. The first-order chi connectivity index (χ1) is 10.2. The fourth-order valence-corrected chi connectivity index (χ4v) is 3.36. The van der Waals surface area contributed by atoms with E-state index < -0.39 is 5.97 Å². The minimum atomic E-state index is -0.529. The van der Waals surface area contributed by atoms with Crippen LogP contribution in [0, 0.1) is 0 Å². The summed E-state index contributed by atoms with van der Waals surface area (Å²) >= 11 is 1.50. The first-order valence-electron chi connectivity index (χ1n) is 6.43. The summed E-state index contributed by atoms with van der Waals surface area (Å²) < 4.78 is 5.23. The van der Waals surface area contributed by atoms with Crippen molar-refractivity contribution >= 4 is 23.5 Å². The van der Waals surface area contributed by atoms with Gasteiger partial charge in [-0.3, -0.25) is 4.79 Å². The molecular weight excluding hydrogens is 284 g/mol. The maximum absolute atomic E-state index is 12.7. The van der Waals surface area contributed by atoms with E-state index in [1.54, 1.807) is 18.2 Å². The summed E-state index contributed by atoms with van der Waals surface area (Å²) in [6.07, 6.45) is 1.11. The Balaban J connectivity index is 2.10. The van der Waals surface area contributed by atoms with Gasteiger partial charge >= 0.3 is 5.97 Å². The average Bonchev–Trinajstić information content (AvgIpc) is 2.66. The molecule has 0 unspecified atom stereocenters. The number of ketones is 1. The van der Waals surface area contributed by atoms with Crippen molar-refractivity contribution in [1.29, 1.82) is 0 Å². The molecule has 0 aromatic heterocycles. The molecule has 0 saturated heterocycles. The Kier molecular flexibility index (Phi) is 3.62. The van der Waals surface area contributed by atoms with Crippen molar-refractivity contribution in [2.24, 2.45) is 0 Å². The van der Waals surface area contributed by atoms with Gasteiger partial charge in [-0.05, 0) is 17.7 Å². The molecule has 0 spiro atoms. The summed E-state index contributed by atoms with van der Waals surface area (Å²) in [6.45, 7) is 3.39. The van der Waals surface area contributed by atoms with Crippen LogP contribution in [0.25, 0.3) is 0 Å². The molecule has 3 rings (SSSR count). The zero-order valence-corrected chi connectivity index (χ0v) is 12.0. The van der Waals surface area contributed by atoms with Crippen molar-refractivity contribution in [3.05, 3.63) is 71.8 Å². The van der Waals surface area contributed by atoms with Gasteiger partial charge in [0.1, 0.15) is 5.75 Å². The van der Waals surface area contributed by atoms with Crippen molar-refractivity contribution in [3.63, 3.8) is 0 Å². The van der Waals surface area contributed by atoms with Gasteiger partial charge < -0.3 is 4.74 Å². The lowest BCUT2D eigenvalue weighted by atomic mass is 9.99. The topological polar surface area (TPSA) is 43.4 Å². The second kappa shape index (κ2) is 5.58. The monoisotopic (exact) mass is 296 g/mol. The molecule has 21 heavy (non-hydrogen) atoms. The first kappa shape index (κ1) is 13.6. The number of ether oxygens (including phenoxy) is 1. The predicted octanol–water partition coefficient (Wildman–Crippen LogP) is 3.61. The largest absolute Gasteiger partial charge is 0.422 e. The number of rotatable bonds is 2. The van der Waals surface area contributed by atoms with E-state index >= 15 is 0 Å². The number of hydrogen-bond donors (Lipinski definition) is 0. The van der Waals surface area contributed by atoms with Gasteiger partial charge in [0.25, 0.3) is 0 Å². The molecule has 4 heteroatoms. The van der Waals surface area contributed by atoms with E-state index in [0.29, 0.717) is 27.5 Å². The first-order valence-corrected chi connectivity index (χ1v) is 7.42. The molecule has 1 heterocycles. The summed E-state index contributed by atoms with van der Waals surface area (Å²) in [5.74, 6) is 0.501. The van der Waals surface area contributed by atoms with Crippen molar-refractivity contribution < 1.29 is 14.3 Å². The Morgan fingerprint density at radius 2 is 1.90 bits per heavy atom. The zero-order valence-electron chi connectivity index (χ0n) is 11.2. The normalized spacial score (nSPS) is 12.9. The van der Waals surface area contributed by atoms with Gasteiger partial charge in [-0.1, -0.05) is 36.9 Å². The van der Waals surface area contributed by atoms with Gasteiger partial charge in [-0.15, -0.1) is 11.8 Å². The molecule has 2 aromatic rings.